The van der Waals surface area contributed by atoms with Crippen molar-refractivity contribution >= 4 is 17.4 Å². The first-order chi connectivity index (χ1) is 11.8. The van der Waals surface area contributed by atoms with E-state index >= 15 is 0 Å². The van der Waals surface area contributed by atoms with Crippen molar-refractivity contribution in [3.63, 3.8) is 0 Å². The molecule has 9 nitrogen and oxygen atoms in total. The van der Waals surface area contributed by atoms with Gasteiger partial charge in [-0.15, -0.1) is 10.2 Å². The van der Waals surface area contributed by atoms with Crippen molar-refractivity contribution in [2.75, 3.05) is 31.2 Å². The second-order valence-electron chi connectivity index (χ2n) is 5.38. The summed E-state index contributed by atoms with van der Waals surface area (Å²) >= 11 is 0. The Morgan fingerprint density at radius 1 is 1.25 bits per heavy atom. The molecule has 124 valence electrons. The fraction of sp³-hybridized carbons (Fsp3) is 0.333. The molecule has 4 rings (SSSR count). The monoisotopic (exact) mass is 328 g/mol. The van der Waals surface area contributed by atoms with Crippen molar-refractivity contribution in [1.29, 1.82) is 0 Å². The molecular formula is C15H16N6O3. The fourth-order valence-electron chi connectivity index (χ4n) is 2.57. The van der Waals surface area contributed by atoms with Crippen molar-refractivity contribution in [2.24, 2.45) is 0 Å². The molecule has 1 aliphatic rings. The summed E-state index contributed by atoms with van der Waals surface area (Å²) in [6.45, 7) is 3.01. The minimum absolute atomic E-state index is 0.172. The molecule has 0 unspecified atom stereocenters. The fourth-order valence-corrected chi connectivity index (χ4v) is 2.57. The minimum Gasteiger partial charge on any atom is -0.378 e. The Morgan fingerprint density at radius 3 is 3.00 bits per heavy atom. The van der Waals surface area contributed by atoms with E-state index in [9.17, 15) is 4.79 Å². The summed E-state index contributed by atoms with van der Waals surface area (Å²) in [7, 11) is 0. The number of amides is 1. The van der Waals surface area contributed by atoms with Crippen LogP contribution >= 0.6 is 0 Å². The number of rotatable bonds is 4. The Labute approximate surface area is 137 Å². The van der Waals surface area contributed by atoms with Crippen molar-refractivity contribution in [2.45, 2.75) is 6.54 Å². The maximum atomic E-state index is 12.2. The number of morpholine rings is 1. The molecule has 1 saturated heterocycles. The molecule has 0 saturated carbocycles. The predicted octanol–water partition coefficient (Wildman–Crippen LogP) is 0.484. The van der Waals surface area contributed by atoms with Gasteiger partial charge in [-0.25, -0.2) is 0 Å². The third-order valence-electron chi connectivity index (χ3n) is 3.85. The van der Waals surface area contributed by atoms with E-state index in [4.69, 9.17) is 9.26 Å². The number of hydrogen-bond acceptors (Lipinski definition) is 7. The summed E-state index contributed by atoms with van der Waals surface area (Å²) in [6, 6.07) is 7.26. The van der Waals surface area contributed by atoms with Crippen LogP contribution in [-0.4, -0.2) is 52.0 Å². The number of hydrogen-bond donors (Lipinski definition) is 1. The van der Waals surface area contributed by atoms with Gasteiger partial charge in [-0.3, -0.25) is 9.20 Å². The molecule has 0 aliphatic carbocycles. The summed E-state index contributed by atoms with van der Waals surface area (Å²) in [4.78, 5) is 14.3. The van der Waals surface area contributed by atoms with Crippen LogP contribution in [0.3, 0.4) is 0 Å². The lowest BCUT2D eigenvalue weighted by molar-refractivity contribution is 0.0912. The average molecular weight is 328 g/mol. The molecule has 0 atom stereocenters. The van der Waals surface area contributed by atoms with Gasteiger partial charge >= 0.3 is 0 Å². The number of aromatic nitrogens is 4. The Morgan fingerprint density at radius 2 is 2.12 bits per heavy atom. The van der Waals surface area contributed by atoms with Crippen LogP contribution in [0.25, 0.3) is 5.65 Å². The van der Waals surface area contributed by atoms with Crippen LogP contribution in [0.1, 0.15) is 16.4 Å². The van der Waals surface area contributed by atoms with Crippen molar-refractivity contribution < 1.29 is 14.1 Å². The standard InChI is InChI=1S/C15H16N6O3/c22-15(11-9-13(19-24-11)20-5-7-23-8-6-20)16-10-14-18-17-12-3-1-2-4-21(12)14/h1-4,9H,5-8,10H2,(H,16,22). The highest BCUT2D eigenvalue weighted by Crippen LogP contribution is 2.16. The Balaban J connectivity index is 1.42. The van der Waals surface area contributed by atoms with Gasteiger partial charge in [0, 0.05) is 25.4 Å². The van der Waals surface area contributed by atoms with E-state index in [1.54, 1.807) is 6.07 Å². The Bertz CT molecular complexity index is 852. The lowest BCUT2D eigenvalue weighted by atomic mass is 10.3. The summed E-state index contributed by atoms with van der Waals surface area (Å²) in [6.07, 6.45) is 1.85. The van der Waals surface area contributed by atoms with E-state index in [2.05, 4.69) is 20.7 Å². The van der Waals surface area contributed by atoms with Gasteiger partial charge in [0.25, 0.3) is 5.91 Å². The zero-order valence-corrected chi connectivity index (χ0v) is 12.9. The summed E-state index contributed by atoms with van der Waals surface area (Å²) in [5, 5.41) is 14.8. The summed E-state index contributed by atoms with van der Waals surface area (Å²) < 4.78 is 12.3. The van der Waals surface area contributed by atoms with Crippen LogP contribution in [0.4, 0.5) is 5.82 Å². The van der Waals surface area contributed by atoms with E-state index in [1.807, 2.05) is 33.7 Å². The summed E-state index contributed by atoms with van der Waals surface area (Å²) in [5.41, 5.74) is 0.732. The second-order valence-corrected chi connectivity index (χ2v) is 5.38. The minimum atomic E-state index is -0.338. The SMILES string of the molecule is O=C(NCc1nnc2ccccn12)c1cc(N2CCOCC2)no1. The maximum absolute atomic E-state index is 12.2. The van der Waals surface area contributed by atoms with Crippen LogP contribution in [0.5, 0.6) is 0 Å². The highest BCUT2D eigenvalue weighted by molar-refractivity contribution is 5.92. The molecule has 4 heterocycles. The third-order valence-corrected chi connectivity index (χ3v) is 3.85. The average Bonchev–Trinajstić information content (AvgIpc) is 3.28. The van der Waals surface area contributed by atoms with Crippen molar-refractivity contribution in [3.8, 4) is 0 Å². The zero-order valence-electron chi connectivity index (χ0n) is 12.9. The smallest absolute Gasteiger partial charge is 0.290 e. The van der Waals surface area contributed by atoms with Crippen LogP contribution in [0.15, 0.2) is 35.0 Å². The van der Waals surface area contributed by atoms with Crippen LogP contribution in [0, 0.1) is 0 Å². The van der Waals surface area contributed by atoms with Gasteiger partial charge in [-0.2, -0.15) is 0 Å². The van der Waals surface area contributed by atoms with Crippen LogP contribution in [-0.2, 0) is 11.3 Å². The molecule has 24 heavy (non-hydrogen) atoms. The first kappa shape index (κ1) is 14.6. The molecule has 3 aromatic heterocycles. The topological polar surface area (TPSA) is 97.8 Å². The molecule has 0 bridgehead atoms. The second kappa shape index (κ2) is 6.28. The number of pyridine rings is 1. The Kier molecular flexibility index (Phi) is 3.83. The van der Waals surface area contributed by atoms with Gasteiger partial charge in [0.2, 0.25) is 5.76 Å². The molecule has 9 heteroatoms. The first-order valence-electron chi connectivity index (χ1n) is 7.67. The van der Waals surface area contributed by atoms with Crippen LogP contribution in [0.2, 0.25) is 0 Å². The molecule has 0 aromatic carbocycles. The normalized spacial score (nSPS) is 14.9. The quantitative estimate of drug-likeness (QED) is 0.744. The summed E-state index contributed by atoms with van der Waals surface area (Å²) in [5.74, 6) is 1.13. The van der Waals surface area contributed by atoms with Crippen LogP contribution < -0.4 is 10.2 Å². The zero-order chi connectivity index (χ0) is 16.4. The van der Waals surface area contributed by atoms with Gasteiger partial charge in [0.05, 0.1) is 19.8 Å². The van der Waals surface area contributed by atoms with Gasteiger partial charge in [0.15, 0.2) is 17.3 Å². The van der Waals surface area contributed by atoms with Gasteiger partial charge < -0.3 is 19.5 Å². The molecule has 0 spiro atoms. The van der Waals surface area contributed by atoms with E-state index in [0.717, 1.165) is 18.7 Å². The molecule has 0 radical (unpaired) electrons. The molecule has 1 N–H and O–H groups in total. The largest absolute Gasteiger partial charge is 0.378 e. The van der Waals surface area contributed by atoms with Gasteiger partial charge in [0.1, 0.15) is 0 Å². The highest BCUT2D eigenvalue weighted by Gasteiger charge is 2.19. The third kappa shape index (κ3) is 2.81. The predicted molar refractivity (Wildman–Crippen MR) is 83.7 cm³/mol. The molecule has 1 aliphatic heterocycles. The molecular weight excluding hydrogens is 312 g/mol. The molecule has 3 aromatic rings. The highest BCUT2D eigenvalue weighted by atomic mass is 16.5. The number of nitrogens with one attached hydrogen (secondary N) is 1. The lowest BCUT2D eigenvalue weighted by Gasteiger charge is -2.25. The maximum Gasteiger partial charge on any atom is 0.290 e. The van der Waals surface area contributed by atoms with Crippen molar-refractivity contribution in [3.05, 3.63) is 42.0 Å². The Hall–Kier alpha value is -2.94. The molecule has 1 amide bonds. The number of ether oxygens (including phenoxy) is 1. The number of nitrogens with zero attached hydrogens (tertiary/aromatic N) is 5. The number of anilines is 1. The number of carbonyl (C=O) groups excluding carboxylic acids is 1. The van der Waals surface area contributed by atoms with Gasteiger partial charge in [-0.1, -0.05) is 11.2 Å². The van der Waals surface area contributed by atoms with E-state index in [1.165, 1.54) is 0 Å². The van der Waals surface area contributed by atoms with E-state index in [-0.39, 0.29) is 18.2 Å². The van der Waals surface area contributed by atoms with Crippen molar-refractivity contribution in [1.82, 2.24) is 25.1 Å². The van der Waals surface area contributed by atoms with E-state index in [0.29, 0.717) is 24.9 Å². The number of fused-ring (bicyclic) bond motifs is 1. The van der Waals surface area contributed by atoms with Gasteiger partial charge in [-0.05, 0) is 12.1 Å². The lowest BCUT2D eigenvalue weighted by Crippen LogP contribution is -2.36. The first-order valence-corrected chi connectivity index (χ1v) is 7.67. The number of carbonyl (C=O) groups is 1. The molecule has 1 fully saturated rings. The van der Waals surface area contributed by atoms with E-state index < -0.39 is 0 Å².